The molecule has 1 saturated heterocycles. The van der Waals surface area contributed by atoms with Crippen molar-refractivity contribution < 1.29 is 9.53 Å². The Labute approximate surface area is 132 Å². The van der Waals surface area contributed by atoms with Crippen LogP contribution in [0.15, 0.2) is 18.2 Å². The van der Waals surface area contributed by atoms with E-state index in [0.29, 0.717) is 19.6 Å². The van der Waals surface area contributed by atoms with Crippen molar-refractivity contribution in [2.45, 2.75) is 39.0 Å². The molecule has 0 aromatic carbocycles. The van der Waals surface area contributed by atoms with Gasteiger partial charge in [-0.3, -0.25) is 0 Å². The van der Waals surface area contributed by atoms with Gasteiger partial charge < -0.3 is 19.9 Å². The van der Waals surface area contributed by atoms with Crippen molar-refractivity contribution >= 4 is 11.8 Å². The number of amides is 2. The minimum atomic E-state index is -0.307. The summed E-state index contributed by atoms with van der Waals surface area (Å²) in [4.78, 5) is 20.6. The van der Waals surface area contributed by atoms with E-state index in [2.05, 4.69) is 10.3 Å². The van der Waals surface area contributed by atoms with Crippen molar-refractivity contribution in [1.29, 1.82) is 0 Å². The van der Waals surface area contributed by atoms with Crippen LogP contribution >= 0.6 is 0 Å². The number of carbonyl (C=O) groups is 1. The van der Waals surface area contributed by atoms with Gasteiger partial charge in [0.2, 0.25) is 0 Å². The molecule has 1 atom stereocenters. The van der Waals surface area contributed by atoms with Crippen molar-refractivity contribution in [2.75, 3.05) is 32.1 Å². The highest BCUT2D eigenvalue weighted by molar-refractivity contribution is 5.74. The molecular formula is C16H26N4O2. The molecule has 1 fully saturated rings. The zero-order valence-corrected chi connectivity index (χ0v) is 14.1. The van der Waals surface area contributed by atoms with Gasteiger partial charge in [0.1, 0.15) is 5.82 Å². The number of anilines is 1. The molecule has 1 aliphatic heterocycles. The molecule has 1 aliphatic rings. The number of carbonyl (C=O) groups excluding carboxylic acids is 1. The van der Waals surface area contributed by atoms with Gasteiger partial charge >= 0.3 is 6.03 Å². The van der Waals surface area contributed by atoms with Crippen LogP contribution in [0.4, 0.5) is 10.6 Å². The molecule has 0 aliphatic carbocycles. The molecule has 0 saturated carbocycles. The Hall–Kier alpha value is -1.82. The number of nitrogens with zero attached hydrogens (tertiary/aromatic N) is 3. The fourth-order valence-electron chi connectivity index (χ4n) is 2.70. The Balaban J connectivity index is 1.94. The highest BCUT2D eigenvalue weighted by atomic mass is 16.5. The van der Waals surface area contributed by atoms with Crippen LogP contribution in [0.25, 0.3) is 0 Å². The normalized spacial score (nSPS) is 20.6. The SMILES string of the molecule is CC1CN(C(=O)NCc2cccc(N(C)C)n2)CC(C)(C)O1. The van der Waals surface area contributed by atoms with E-state index in [1.807, 2.05) is 62.9 Å². The van der Waals surface area contributed by atoms with Gasteiger partial charge in [0.25, 0.3) is 0 Å². The molecule has 2 amide bonds. The maximum atomic E-state index is 12.3. The monoisotopic (exact) mass is 306 g/mol. The van der Waals surface area contributed by atoms with E-state index in [4.69, 9.17) is 4.74 Å². The quantitative estimate of drug-likeness (QED) is 0.926. The standard InChI is InChI=1S/C16H26N4O2/c1-12-10-20(11-16(2,3)22-12)15(21)17-9-13-7-6-8-14(18-13)19(4)5/h6-8,12H,9-11H2,1-5H3,(H,17,21). The van der Waals surface area contributed by atoms with E-state index in [0.717, 1.165) is 11.5 Å². The van der Waals surface area contributed by atoms with Crippen molar-refractivity contribution in [2.24, 2.45) is 0 Å². The smallest absolute Gasteiger partial charge is 0.317 e. The summed E-state index contributed by atoms with van der Waals surface area (Å²) in [5.41, 5.74) is 0.540. The molecule has 0 radical (unpaired) electrons. The Bertz CT molecular complexity index is 531. The molecule has 0 bridgehead atoms. The number of hydrogen-bond acceptors (Lipinski definition) is 4. The van der Waals surface area contributed by atoms with E-state index in [1.54, 1.807) is 0 Å². The lowest BCUT2D eigenvalue weighted by Crippen LogP contribution is -2.56. The van der Waals surface area contributed by atoms with Gasteiger partial charge in [-0.15, -0.1) is 0 Å². The zero-order valence-electron chi connectivity index (χ0n) is 14.1. The summed E-state index contributed by atoms with van der Waals surface area (Å²) in [5, 5.41) is 2.94. The number of ether oxygens (including phenoxy) is 1. The number of rotatable bonds is 3. The number of aromatic nitrogens is 1. The second kappa shape index (κ2) is 6.52. The first-order valence-corrected chi connectivity index (χ1v) is 7.61. The maximum Gasteiger partial charge on any atom is 0.317 e. The molecule has 1 aromatic heterocycles. The van der Waals surface area contributed by atoms with Gasteiger partial charge in [0.05, 0.1) is 30.5 Å². The van der Waals surface area contributed by atoms with Crippen LogP contribution in [0.1, 0.15) is 26.5 Å². The largest absolute Gasteiger partial charge is 0.369 e. The molecule has 1 unspecified atom stereocenters. The third-order valence-electron chi connectivity index (χ3n) is 3.53. The summed E-state index contributed by atoms with van der Waals surface area (Å²) in [6, 6.07) is 5.74. The molecule has 1 N–H and O–H groups in total. The maximum absolute atomic E-state index is 12.3. The number of hydrogen-bond donors (Lipinski definition) is 1. The fourth-order valence-corrected chi connectivity index (χ4v) is 2.70. The Morgan fingerprint density at radius 3 is 2.86 bits per heavy atom. The summed E-state index contributed by atoms with van der Waals surface area (Å²) in [6.07, 6.45) is 0.0460. The summed E-state index contributed by atoms with van der Waals surface area (Å²) in [5.74, 6) is 0.882. The van der Waals surface area contributed by atoms with Crippen LogP contribution in [0.5, 0.6) is 0 Å². The second-order valence-electron chi connectivity index (χ2n) is 6.61. The number of pyridine rings is 1. The summed E-state index contributed by atoms with van der Waals surface area (Å²) in [6.45, 7) is 7.63. The minimum Gasteiger partial charge on any atom is -0.369 e. The molecule has 6 nitrogen and oxygen atoms in total. The first-order chi connectivity index (χ1) is 10.3. The predicted molar refractivity (Wildman–Crippen MR) is 87.0 cm³/mol. The molecule has 122 valence electrons. The number of urea groups is 1. The molecule has 6 heteroatoms. The predicted octanol–water partition coefficient (Wildman–Crippen LogP) is 1.86. The van der Waals surface area contributed by atoms with Crippen LogP contribution in [-0.2, 0) is 11.3 Å². The van der Waals surface area contributed by atoms with Gasteiger partial charge in [-0.05, 0) is 32.9 Å². The Morgan fingerprint density at radius 1 is 1.50 bits per heavy atom. The van der Waals surface area contributed by atoms with Crippen molar-refractivity contribution in [3.8, 4) is 0 Å². The lowest BCUT2D eigenvalue weighted by atomic mass is 10.1. The second-order valence-corrected chi connectivity index (χ2v) is 6.61. The zero-order chi connectivity index (χ0) is 16.3. The first kappa shape index (κ1) is 16.5. The third-order valence-corrected chi connectivity index (χ3v) is 3.53. The summed E-state index contributed by atoms with van der Waals surface area (Å²) < 4.78 is 5.82. The van der Waals surface area contributed by atoms with Crippen LogP contribution < -0.4 is 10.2 Å². The average molecular weight is 306 g/mol. The lowest BCUT2D eigenvalue weighted by molar-refractivity contribution is -0.117. The average Bonchev–Trinajstić information content (AvgIpc) is 2.42. The van der Waals surface area contributed by atoms with E-state index in [1.165, 1.54) is 0 Å². The van der Waals surface area contributed by atoms with Gasteiger partial charge in [-0.25, -0.2) is 9.78 Å². The van der Waals surface area contributed by atoms with E-state index < -0.39 is 0 Å². The van der Waals surface area contributed by atoms with Crippen molar-refractivity contribution in [3.63, 3.8) is 0 Å². The molecule has 0 spiro atoms. The van der Waals surface area contributed by atoms with Gasteiger partial charge in [-0.2, -0.15) is 0 Å². The lowest BCUT2D eigenvalue weighted by Gasteiger charge is -2.41. The summed E-state index contributed by atoms with van der Waals surface area (Å²) >= 11 is 0. The topological polar surface area (TPSA) is 57.7 Å². The van der Waals surface area contributed by atoms with Crippen LogP contribution in [0.3, 0.4) is 0 Å². The number of nitrogens with one attached hydrogen (secondary N) is 1. The molecular weight excluding hydrogens is 280 g/mol. The molecule has 2 heterocycles. The van der Waals surface area contributed by atoms with Gasteiger partial charge in [-0.1, -0.05) is 6.07 Å². The van der Waals surface area contributed by atoms with Crippen LogP contribution in [-0.4, -0.2) is 54.8 Å². The Morgan fingerprint density at radius 2 is 2.23 bits per heavy atom. The van der Waals surface area contributed by atoms with Crippen molar-refractivity contribution in [3.05, 3.63) is 23.9 Å². The molecule has 1 aromatic rings. The first-order valence-electron chi connectivity index (χ1n) is 7.61. The Kier molecular flexibility index (Phi) is 4.90. The molecule has 22 heavy (non-hydrogen) atoms. The van der Waals surface area contributed by atoms with E-state index in [9.17, 15) is 4.79 Å². The minimum absolute atomic E-state index is 0.0460. The van der Waals surface area contributed by atoms with Crippen LogP contribution in [0, 0.1) is 0 Å². The van der Waals surface area contributed by atoms with Crippen molar-refractivity contribution in [1.82, 2.24) is 15.2 Å². The van der Waals surface area contributed by atoms with E-state index in [-0.39, 0.29) is 17.7 Å². The fraction of sp³-hybridized carbons (Fsp3) is 0.625. The number of morpholine rings is 1. The third kappa shape index (κ3) is 4.34. The van der Waals surface area contributed by atoms with E-state index >= 15 is 0 Å². The highest BCUT2D eigenvalue weighted by Gasteiger charge is 2.33. The van der Waals surface area contributed by atoms with Gasteiger partial charge in [0, 0.05) is 20.6 Å². The highest BCUT2D eigenvalue weighted by Crippen LogP contribution is 2.20. The van der Waals surface area contributed by atoms with Gasteiger partial charge in [0.15, 0.2) is 0 Å². The summed E-state index contributed by atoms with van der Waals surface area (Å²) in [7, 11) is 3.89. The molecule has 2 rings (SSSR count). The van der Waals surface area contributed by atoms with Crippen LogP contribution in [0.2, 0.25) is 0 Å².